The first kappa shape index (κ1) is 18.5. The minimum absolute atomic E-state index is 0.0794. The lowest BCUT2D eigenvalue weighted by molar-refractivity contribution is 0.0697. The Morgan fingerprint density at radius 3 is 2.31 bits per heavy atom. The standard InChI is InChI=1S/C19H21FN2O3S/c1-15-3-2-4-17(13-15)19(23)21-9-11-22(12-10-21)26(24,25)14-16-5-7-18(20)8-6-16/h2-8,13H,9-12,14H2,1H3. The highest BCUT2D eigenvalue weighted by atomic mass is 32.2. The summed E-state index contributed by atoms with van der Waals surface area (Å²) in [7, 11) is -3.50. The average Bonchev–Trinajstić information content (AvgIpc) is 2.63. The number of nitrogens with zero attached hydrogens (tertiary/aromatic N) is 2. The van der Waals surface area contributed by atoms with E-state index in [-0.39, 0.29) is 24.7 Å². The van der Waals surface area contributed by atoms with Crippen LogP contribution in [0, 0.1) is 12.7 Å². The number of benzene rings is 2. The van der Waals surface area contributed by atoms with Crippen LogP contribution in [0.1, 0.15) is 21.5 Å². The molecule has 0 unspecified atom stereocenters. The van der Waals surface area contributed by atoms with Crippen molar-refractivity contribution in [1.82, 2.24) is 9.21 Å². The maximum atomic E-state index is 13.0. The number of piperazine rings is 1. The lowest BCUT2D eigenvalue weighted by Gasteiger charge is -2.34. The second-order valence-electron chi connectivity index (χ2n) is 6.44. The summed E-state index contributed by atoms with van der Waals surface area (Å²) >= 11 is 0. The lowest BCUT2D eigenvalue weighted by Crippen LogP contribution is -2.50. The molecule has 1 aliphatic heterocycles. The highest BCUT2D eigenvalue weighted by Gasteiger charge is 2.29. The zero-order valence-electron chi connectivity index (χ0n) is 14.6. The first-order valence-corrected chi connectivity index (χ1v) is 10.0. The van der Waals surface area contributed by atoms with Crippen LogP contribution in [0.4, 0.5) is 4.39 Å². The van der Waals surface area contributed by atoms with Gasteiger partial charge in [-0.3, -0.25) is 4.79 Å². The SMILES string of the molecule is Cc1cccc(C(=O)N2CCN(S(=O)(=O)Cc3ccc(F)cc3)CC2)c1. The van der Waals surface area contributed by atoms with E-state index in [1.165, 1.54) is 28.6 Å². The van der Waals surface area contributed by atoms with Gasteiger partial charge < -0.3 is 4.90 Å². The Morgan fingerprint density at radius 2 is 1.69 bits per heavy atom. The van der Waals surface area contributed by atoms with Crippen LogP contribution in [0.5, 0.6) is 0 Å². The molecule has 3 rings (SSSR count). The molecule has 1 heterocycles. The number of carbonyl (C=O) groups excluding carboxylic acids is 1. The van der Waals surface area contributed by atoms with E-state index in [4.69, 9.17) is 0 Å². The van der Waals surface area contributed by atoms with E-state index < -0.39 is 15.8 Å². The van der Waals surface area contributed by atoms with Gasteiger partial charge in [-0.05, 0) is 36.8 Å². The number of hydrogen-bond donors (Lipinski definition) is 0. The molecule has 0 radical (unpaired) electrons. The normalized spacial score (nSPS) is 15.8. The van der Waals surface area contributed by atoms with Crippen molar-refractivity contribution >= 4 is 15.9 Å². The van der Waals surface area contributed by atoms with Crippen LogP contribution >= 0.6 is 0 Å². The topological polar surface area (TPSA) is 57.7 Å². The van der Waals surface area contributed by atoms with Gasteiger partial charge in [-0.1, -0.05) is 29.8 Å². The molecule has 26 heavy (non-hydrogen) atoms. The Morgan fingerprint density at radius 1 is 1.04 bits per heavy atom. The van der Waals surface area contributed by atoms with Gasteiger partial charge in [-0.2, -0.15) is 4.31 Å². The van der Waals surface area contributed by atoms with Gasteiger partial charge >= 0.3 is 0 Å². The van der Waals surface area contributed by atoms with Crippen molar-refractivity contribution in [3.63, 3.8) is 0 Å². The van der Waals surface area contributed by atoms with Crippen molar-refractivity contribution < 1.29 is 17.6 Å². The molecule has 0 spiro atoms. The van der Waals surface area contributed by atoms with Crippen molar-refractivity contribution in [3.8, 4) is 0 Å². The predicted octanol–water partition coefficient (Wildman–Crippen LogP) is 2.42. The summed E-state index contributed by atoms with van der Waals surface area (Å²) in [6.45, 7) is 3.17. The first-order valence-electron chi connectivity index (χ1n) is 8.43. The highest BCUT2D eigenvalue weighted by Crippen LogP contribution is 2.16. The molecule has 0 N–H and O–H groups in total. The highest BCUT2D eigenvalue weighted by molar-refractivity contribution is 7.88. The molecular formula is C19H21FN2O3S. The zero-order valence-corrected chi connectivity index (χ0v) is 15.4. The van der Waals surface area contributed by atoms with Crippen molar-refractivity contribution in [1.29, 1.82) is 0 Å². The van der Waals surface area contributed by atoms with E-state index in [1.54, 1.807) is 11.0 Å². The van der Waals surface area contributed by atoms with Crippen LogP contribution in [0.25, 0.3) is 0 Å². The number of hydrogen-bond acceptors (Lipinski definition) is 3. The van der Waals surface area contributed by atoms with Gasteiger partial charge in [0.1, 0.15) is 5.82 Å². The average molecular weight is 376 g/mol. The summed E-state index contributed by atoms with van der Waals surface area (Å²) in [5.41, 5.74) is 2.17. The third kappa shape index (κ3) is 4.28. The number of carbonyl (C=O) groups is 1. The van der Waals surface area contributed by atoms with Crippen LogP contribution < -0.4 is 0 Å². The Bertz CT molecular complexity index is 889. The molecule has 5 nitrogen and oxygen atoms in total. The monoisotopic (exact) mass is 376 g/mol. The molecule has 0 atom stereocenters. The van der Waals surface area contributed by atoms with Gasteiger partial charge in [0, 0.05) is 31.7 Å². The number of aryl methyl sites for hydroxylation is 1. The number of amides is 1. The fraction of sp³-hybridized carbons (Fsp3) is 0.316. The first-order chi connectivity index (χ1) is 12.3. The summed E-state index contributed by atoms with van der Waals surface area (Å²) in [4.78, 5) is 14.2. The molecule has 1 saturated heterocycles. The predicted molar refractivity (Wildman–Crippen MR) is 97.7 cm³/mol. The van der Waals surface area contributed by atoms with E-state index in [0.717, 1.165) is 5.56 Å². The Hall–Kier alpha value is -2.25. The third-order valence-electron chi connectivity index (χ3n) is 4.45. The number of sulfonamides is 1. The van der Waals surface area contributed by atoms with Crippen molar-refractivity contribution in [2.75, 3.05) is 26.2 Å². The Kier molecular flexibility index (Phi) is 5.38. The summed E-state index contributed by atoms with van der Waals surface area (Å²) in [5, 5.41) is 0. The van der Waals surface area contributed by atoms with Gasteiger partial charge in [0.05, 0.1) is 5.75 Å². The lowest BCUT2D eigenvalue weighted by atomic mass is 10.1. The van der Waals surface area contributed by atoms with E-state index in [2.05, 4.69) is 0 Å². The Labute approximate surface area is 153 Å². The van der Waals surface area contributed by atoms with Crippen LogP contribution in [0.3, 0.4) is 0 Å². The van der Waals surface area contributed by atoms with E-state index in [1.807, 2.05) is 25.1 Å². The molecule has 2 aromatic carbocycles. The second-order valence-corrected chi connectivity index (χ2v) is 8.41. The fourth-order valence-electron chi connectivity index (χ4n) is 3.01. The smallest absolute Gasteiger partial charge is 0.253 e. The molecule has 0 aliphatic carbocycles. The van der Waals surface area contributed by atoms with Crippen molar-refractivity contribution in [2.24, 2.45) is 0 Å². The van der Waals surface area contributed by atoms with Crippen LogP contribution in [0.2, 0.25) is 0 Å². The molecule has 138 valence electrons. The van der Waals surface area contributed by atoms with Crippen molar-refractivity contribution in [2.45, 2.75) is 12.7 Å². The minimum Gasteiger partial charge on any atom is -0.336 e. The van der Waals surface area contributed by atoms with Crippen molar-refractivity contribution in [3.05, 3.63) is 71.0 Å². The largest absolute Gasteiger partial charge is 0.336 e. The molecule has 0 bridgehead atoms. The molecular weight excluding hydrogens is 355 g/mol. The minimum atomic E-state index is -3.50. The maximum Gasteiger partial charge on any atom is 0.253 e. The summed E-state index contributed by atoms with van der Waals surface area (Å²) in [5.74, 6) is -0.641. The van der Waals surface area contributed by atoms with Gasteiger partial charge in [0.2, 0.25) is 10.0 Å². The van der Waals surface area contributed by atoms with Crippen LogP contribution in [-0.2, 0) is 15.8 Å². The molecule has 1 amide bonds. The quantitative estimate of drug-likeness (QED) is 0.823. The maximum absolute atomic E-state index is 13.0. The van der Waals surface area contributed by atoms with E-state index in [0.29, 0.717) is 24.2 Å². The fourth-order valence-corrected chi connectivity index (χ4v) is 4.53. The molecule has 7 heteroatoms. The zero-order chi connectivity index (χ0) is 18.7. The Balaban J connectivity index is 1.62. The molecule has 1 fully saturated rings. The number of halogens is 1. The molecule has 1 aliphatic rings. The summed E-state index contributed by atoms with van der Waals surface area (Å²) < 4.78 is 39.5. The summed E-state index contributed by atoms with van der Waals surface area (Å²) in [6, 6.07) is 12.8. The number of rotatable bonds is 4. The second kappa shape index (κ2) is 7.55. The van der Waals surface area contributed by atoms with Crippen LogP contribution in [0.15, 0.2) is 48.5 Å². The summed E-state index contributed by atoms with van der Waals surface area (Å²) in [6.07, 6.45) is 0. The van der Waals surface area contributed by atoms with E-state index >= 15 is 0 Å². The van der Waals surface area contributed by atoms with Gasteiger partial charge in [0.25, 0.3) is 5.91 Å². The molecule has 0 aromatic heterocycles. The van der Waals surface area contributed by atoms with Crippen LogP contribution in [-0.4, -0.2) is 49.7 Å². The molecule has 0 saturated carbocycles. The van der Waals surface area contributed by atoms with Gasteiger partial charge in [-0.25, -0.2) is 12.8 Å². The van der Waals surface area contributed by atoms with Gasteiger partial charge in [0.15, 0.2) is 0 Å². The van der Waals surface area contributed by atoms with E-state index in [9.17, 15) is 17.6 Å². The molecule has 2 aromatic rings. The van der Waals surface area contributed by atoms with Gasteiger partial charge in [-0.15, -0.1) is 0 Å². The third-order valence-corrected chi connectivity index (χ3v) is 6.30.